The number of rotatable bonds is 2. The van der Waals surface area contributed by atoms with Gasteiger partial charge in [0.1, 0.15) is 0 Å². The average Bonchev–Trinajstić information content (AvgIpc) is 2.78. The zero-order chi connectivity index (χ0) is 12.4. The summed E-state index contributed by atoms with van der Waals surface area (Å²) in [6.07, 6.45) is 2.77. The standard InChI is InChI=1S/C12H20N2O3/c1-8-3-2-5-13-10(8)11(15)14-6-4-9(7-14)12(16)17/h8-10,13H,2-7H2,1H3,(H,16,17). The third-order valence-corrected chi connectivity index (χ3v) is 3.88. The first-order chi connectivity index (χ1) is 8.09. The lowest BCUT2D eigenvalue weighted by Gasteiger charge is -2.32. The summed E-state index contributed by atoms with van der Waals surface area (Å²) < 4.78 is 0. The monoisotopic (exact) mass is 240 g/mol. The fourth-order valence-corrected chi connectivity index (χ4v) is 2.74. The molecule has 0 aromatic carbocycles. The second kappa shape index (κ2) is 5.04. The zero-order valence-corrected chi connectivity index (χ0v) is 10.2. The van der Waals surface area contributed by atoms with Crippen LogP contribution in [-0.2, 0) is 9.59 Å². The molecule has 17 heavy (non-hydrogen) atoms. The van der Waals surface area contributed by atoms with E-state index in [0.717, 1.165) is 19.4 Å². The molecular formula is C12H20N2O3. The highest BCUT2D eigenvalue weighted by atomic mass is 16.4. The van der Waals surface area contributed by atoms with Crippen LogP contribution in [0.2, 0.25) is 0 Å². The first kappa shape index (κ1) is 12.4. The number of amides is 1. The Morgan fingerprint density at radius 2 is 2.12 bits per heavy atom. The van der Waals surface area contributed by atoms with Crippen LogP contribution in [0.1, 0.15) is 26.2 Å². The smallest absolute Gasteiger partial charge is 0.308 e. The molecule has 2 rings (SSSR count). The Hall–Kier alpha value is -1.10. The molecule has 0 aliphatic carbocycles. The van der Waals surface area contributed by atoms with E-state index in [4.69, 9.17) is 5.11 Å². The van der Waals surface area contributed by atoms with Crippen LogP contribution in [0.25, 0.3) is 0 Å². The minimum atomic E-state index is -0.787. The molecule has 0 aromatic rings. The van der Waals surface area contributed by atoms with E-state index in [2.05, 4.69) is 12.2 Å². The van der Waals surface area contributed by atoms with Gasteiger partial charge in [0.25, 0.3) is 0 Å². The van der Waals surface area contributed by atoms with Crippen LogP contribution >= 0.6 is 0 Å². The van der Waals surface area contributed by atoms with Crippen molar-refractivity contribution in [3.63, 3.8) is 0 Å². The average molecular weight is 240 g/mol. The van der Waals surface area contributed by atoms with Crippen molar-refractivity contribution in [2.24, 2.45) is 11.8 Å². The molecule has 2 heterocycles. The number of likely N-dealkylation sites (tertiary alicyclic amines) is 1. The Balaban J connectivity index is 1.94. The van der Waals surface area contributed by atoms with Crippen LogP contribution in [0.5, 0.6) is 0 Å². The highest BCUT2D eigenvalue weighted by Gasteiger charge is 2.36. The number of nitrogens with one attached hydrogen (secondary N) is 1. The van der Waals surface area contributed by atoms with Crippen molar-refractivity contribution in [3.8, 4) is 0 Å². The highest BCUT2D eigenvalue weighted by molar-refractivity contribution is 5.83. The minimum absolute atomic E-state index is 0.0842. The second-order valence-corrected chi connectivity index (χ2v) is 5.16. The van der Waals surface area contributed by atoms with Crippen molar-refractivity contribution in [3.05, 3.63) is 0 Å². The predicted molar refractivity (Wildman–Crippen MR) is 62.5 cm³/mol. The van der Waals surface area contributed by atoms with Gasteiger partial charge in [-0.05, 0) is 31.7 Å². The molecular weight excluding hydrogens is 220 g/mol. The summed E-state index contributed by atoms with van der Waals surface area (Å²) in [7, 11) is 0. The van der Waals surface area contributed by atoms with E-state index in [1.807, 2.05) is 0 Å². The molecule has 0 spiro atoms. The lowest BCUT2D eigenvalue weighted by molar-refractivity contribution is -0.141. The maximum Gasteiger partial charge on any atom is 0.308 e. The number of piperidine rings is 1. The van der Waals surface area contributed by atoms with Gasteiger partial charge in [-0.3, -0.25) is 9.59 Å². The number of carboxylic acids is 1. The van der Waals surface area contributed by atoms with Crippen molar-refractivity contribution in [1.82, 2.24) is 10.2 Å². The molecule has 96 valence electrons. The summed E-state index contributed by atoms with van der Waals surface area (Å²) in [4.78, 5) is 24.8. The number of carboxylic acid groups (broad SMARTS) is 1. The van der Waals surface area contributed by atoms with Gasteiger partial charge in [0, 0.05) is 13.1 Å². The van der Waals surface area contributed by atoms with Crippen molar-refractivity contribution in [2.45, 2.75) is 32.2 Å². The second-order valence-electron chi connectivity index (χ2n) is 5.16. The number of nitrogens with zero attached hydrogens (tertiary/aromatic N) is 1. The molecule has 2 N–H and O–H groups in total. The molecule has 0 aromatic heterocycles. The number of hydrogen-bond acceptors (Lipinski definition) is 3. The van der Waals surface area contributed by atoms with Crippen LogP contribution in [-0.4, -0.2) is 47.6 Å². The molecule has 2 aliphatic rings. The van der Waals surface area contributed by atoms with Gasteiger partial charge in [-0.2, -0.15) is 0 Å². The largest absolute Gasteiger partial charge is 0.481 e. The molecule has 0 radical (unpaired) electrons. The van der Waals surface area contributed by atoms with Crippen LogP contribution < -0.4 is 5.32 Å². The zero-order valence-electron chi connectivity index (χ0n) is 10.2. The SMILES string of the molecule is CC1CCCNC1C(=O)N1CCC(C(=O)O)C1. The molecule has 2 saturated heterocycles. The lowest BCUT2D eigenvalue weighted by atomic mass is 9.92. The molecule has 0 saturated carbocycles. The fourth-order valence-electron chi connectivity index (χ4n) is 2.74. The first-order valence-electron chi connectivity index (χ1n) is 6.34. The van der Waals surface area contributed by atoms with Crippen molar-refractivity contribution in [2.75, 3.05) is 19.6 Å². The Morgan fingerprint density at radius 3 is 2.71 bits per heavy atom. The van der Waals surface area contributed by atoms with E-state index in [1.54, 1.807) is 4.90 Å². The van der Waals surface area contributed by atoms with Crippen molar-refractivity contribution in [1.29, 1.82) is 0 Å². The quantitative estimate of drug-likeness (QED) is 0.728. The van der Waals surface area contributed by atoms with Gasteiger partial charge < -0.3 is 15.3 Å². The van der Waals surface area contributed by atoms with Gasteiger partial charge in [-0.25, -0.2) is 0 Å². The van der Waals surface area contributed by atoms with E-state index < -0.39 is 5.97 Å². The van der Waals surface area contributed by atoms with Crippen LogP contribution in [0, 0.1) is 11.8 Å². The molecule has 5 nitrogen and oxygen atoms in total. The van der Waals surface area contributed by atoms with E-state index in [1.165, 1.54) is 0 Å². The lowest BCUT2D eigenvalue weighted by Crippen LogP contribution is -2.51. The number of aliphatic carboxylic acids is 1. The van der Waals surface area contributed by atoms with Crippen molar-refractivity contribution >= 4 is 11.9 Å². The number of carbonyl (C=O) groups is 2. The third-order valence-electron chi connectivity index (χ3n) is 3.88. The number of hydrogen-bond donors (Lipinski definition) is 2. The highest BCUT2D eigenvalue weighted by Crippen LogP contribution is 2.22. The van der Waals surface area contributed by atoms with E-state index in [-0.39, 0.29) is 17.9 Å². The predicted octanol–water partition coefficient (Wildman–Crippen LogP) is 0.308. The Morgan fingerprint density at radius 1 is 1.35 bits per heavy atom. The number of carbonyl (C=O) groups excluding carboxylic acids is 1. The van der Waals surface area contributed by atoms with Crippen LogP contribution in [0.15, 0.2) is 0 Å². The summed E-state index contributed by atoms with van der Waals surface area (Å²) in [5.74, 6) is -0.733. The maximum absolute atomic E-state index is 12.2. The molecule has 1 amide bonds. The molecule has 2 aliphatic heterocycles. The van der Waals surface area contributed by atoms with Gasteiger partial charge in [0.2, 0.25) is 5.91 Å². The molecule has 3 unspecified atom stereocenters. The van der Waals surface area contributed by atoms with E-state index >= 15 is 0 Å². The Labute approximate surface area is 101 Å². The minimum Gasteiger partial charge on any atom is -0.481 e. The third kappa shape index (κ3) is 2.60. The Bertz CT molecular complexity index is 319. The summed E-state index contributed by atoms with van der Waals surface area (Å²) in [5.41, 5.74) is 0. The van der Waals surface area contributed by atoms with Gasteiger partial charge in [0.15, 0.2) is 0 Å². The van der Waals surface area contributed by atoms with E-state index in [0.29, 0.717) is 25.4 Å². The topological polar surface area (TPSA) is 69.6 Å². The van der Waals surface area contributed by atoms with Crippen LogP contribution in [0.4, 0.5) is 0 Å². The van der Waals surface area contributed by atoms with Crippen molar-refractivity contribution < 1.29 is 14.7 Å². The summed E-state index contributed by atoms with van der Waals surface area (Å²) in [5, 5.41) is 12.2. The molecule has 5 heteroatoms. The summed E-state index contributed by atoms with van der Waals surface area (Å²) in [6.45, 7) is 3.93. The van der Waals surface area contributed by atoms with Crippen LogP contribution in [0.3, 0.4) is 0 Å². The van der Waals surface area contributed by atoms with E-state index in [9.17, 15) is 9.59 Å². The summed E-state index contributed by atoms with van der Waals surface area (Å²) >= 11 is 0. The Kier molecular flexibility index (Phi) is 3.66. The molecule has 3 atom stereocenters. The van der Waals surface area contributed by atoms with Gasteiger partial charge in [0.05, 0.1) is 12.0 Å². The first-order valence-corrected chi connectivity index (χ1v) is 6.34. The molecule has 0 bridgehead atoms. The van der Waals surface area contributed by atoms with Gasteiger partial charge >= 0.3 is 5.97 Å². The molecule has 2 fully saturated rings. The maximum atomic E-state index is 12.2. The summed E-state index contributed by atoms with van der Waals surface area (Å²) in [6, 6.07) is -0.115. The van der Waals surface area contributed by atoms with Gasteiger partial charge in [-0.1, -0.05) is 6.92 Å². The van der Waals surface area contributed by atoms with Gasteiger partial charge in [-0.15, -0.1) is 0 Å². The normalized spacial score (nSPS) is 33.7. The fraction of sp³-hybridized carbons (Fsp3) is 0.833.